The molecular weight excluding hydrogens is 246 g/mol. The van der Waals surface area contributed by atoms with Gasteiger partial charge in [-0.05, 0) is 63.6 Å². The van der Waals surface area contributed by atoms with Crippen molar-refractivity contribution >= 4 is 17.3 Å². The average Bonchev–Trinajstić information content (AvgIpc) is 2.76. The fourth-order valence-electron chi connectivity index (χ4n) is 2.25. The van der Waals surface area contributed by atoms with E-state index in [9.17, 15) is 4.79 Å². The molecule has 0 aliphatic carbocycles. The summed E-state index contributed by atoms with van der Waals surface area (Å²) in [6.45, 7) is 7.78. The summed E-state index contributed by atoms with van der Waals surface area (Å²) in [5.41, 5.74) is 1.52. The van der Waals surface area contributed by atoms with Crippen molar-refractivity contribution < 1.29 is 9.53 Å². The summed E-state index contributed by atoms with van der Waals surface area (Å²) >= 11 is 1.59. The molecule has 0 atom stereocenters. The number of carbonyl (C=O) groups is 1. The molecule has 0 amide bonds. The number of piperidine rings is 1. The Morgan fingerprint density at radius 2 is 2.00 bits per heavy atom. The van der Waals surface area contributed by atoms with E-state index >= 15 is 0 Å². The predicted molar refractivity (Wildman–Crippen MR) is 74.3 cm³/mol. The van der Waals surface area contributed by atoms with Gasteiger partial charge in [0.2, 0.25) is 0 Å². The molecule has 1 aliphatic heterocycles. The van der Waals surface area contributed by atoms with Gasteiger partial charge in [-0.1, -0.05) is 0 Å². The first-order valence-corrected chi connectivity index (χ1v) is 7.42. The molecule has 0 bridgehead atoms. The van der Waals surface area contributed by atoms with Crippen LogP contribution in [-0.4, -0.2) is 24.7 Å². The largest absolute Gasteiger partial charge is 0.456 e. The van der Waals surface area contributed by atoms with Crippen LogP contribution in [0.15, 0.2) is 10.8 Å². The van der Waals surface area contributed by atoms with Crippen molar-refractivity contribution in [3.8, 4) is 0 Å². The molecule has 3 nitrogen and oxygen atoms in total. The van der Waals surface area contributed by atoms with E-state index < -0.39 is 5.60 Å². The Morgan fingerprint density at radius 3 is 2.61 bits per heavy atom. The summed E-state index contributed by atoms with van der Waals surface area (Å²) in [5.74, 6) is 0.317. The fourth-order valence-corrected chi connectivity index (χ4v) is 3.16. The monoisotopic (exact) mass is 267 g/mol. The maximum absolute atomic E-state index is 12.2. The van der Waals surface area contributed by atoms with Gasteiger partial charge in [0.05, 0.1) is 5.56 Å². The first-order chi connectivity index (χ1) is 8.47. The summed E-state index contributed by atoms with van der Waals surface area (Å²) in [5, 5.41) is 7.38. The molecule has 100 valence electrons. The molecule has 1 aliphatic rings. The number of rotatable bonds is 2. The molecule has 0 aromatic carbocycles. The molecule has 4 heteroatoms. The van der Waals surface area contributed by atoms with Crippen molar-refractivity contribution in [2.24, 2.45) is 0 Å². The van der Waals surface area contributed by atoms with Gasteiger partial charge in [0, 0.05) is 5.38 Å². The van der Waals surface area contributed by atoms with Crippen LogP contribution < -0.4 is 5.32 Å². The smallest absolute Gasteiger partial charge is 0.339 e. The third-order valence-corrected chi connectivity index (χ3v) is 3.85. The highest BCUT2D eigenvalue weighted by Gasteiger charge is 2.25. The lowest BCUT2D eigenvalue weighted by Crippen LogP contribution is -2.28. The van der Waals surface area contributed by atoms with Crippen molar-refractivity contribution in [3.63, 3.8) is 0 Å². The number of thiophene rings is 1. The lowest BCUT2D eigenvalue weighted by atomic mass is 9.90. The average molecular weight is 267 g/mol. The minimum Gasteiger partial charge on any atom is -0.456 e. The van der Waals surface area contributed by atoms with E-state index in [1.807, 2.05) is 26.2 Å². The van der Waals surface area contributed by atoms with E-state index in [1.54, 1.807) is 11.3 Å². The van der Waals surface area contributed by atoms with Gasteiger partial charge in [-0.25, -0.2) is 4.79 Å². The molecule has 0 spiro atoms. The number of nitrogens with one attached hydrogen (secondary N) is 1. The summed E-state index contributed by atoms with van der Waals surface area (Å²) < 4.78 is 5.47. The number of carbonyl (C=O) groups excluding carboxylic acids is 1. The molecule has 1 fully saturated rings. The number of esters is 1. The van der Waals surface area contributed by atoms with Crippen LogP contribution in [0, 0.1) is 0 Å². The molecule has 1 aromatic heterocycles. The highest BCUT2D eigenvalue weighted by atomic mass is 32.1. The van der Waals surface area contributed by atoms with Gasteiger partial charge in [0.25, 0.3) is 0 Å². The van der Waals surface area contributed by atoms with E-state index in [2.05, 4.69) is 10.7 Å². The van der Waals surface area contributed by atoms with E-state index in [4.69, 9.17) is 4.74 Å². The van der Waals surface area contributed by atoms with Crippen molar-refractivity contribution in [1.29, 1.82) is 0 Å². The maximum Gasteiger partial charge on any atom is 0.339 e. The van der Waals surface area contributed by atoms with Crippen LogP contribution in [0.2, 0.25) is 0 Å². The van der Waals surface area contributed by atoms with Crippen LogP contribution in [-0.2, 0) is 4.74 Å². The van der Waals surface area contributed by atoms with Crippen molar-refractivity contribution in [2.45, 2.75) is 45.1 Å². The van der Waals surface area contributed by atoms with Crippen LogP contribution in [0.3, 0.4) is 0 Å². The zero-order valence-electron chi connectivity index (χ0n) is 11.3. The summed E-state index contributed by atoms with van der Waals surface area (Å²) in [7, 11) is 0. The van der Waals surface area contributed by atoms with E-state index in [0.29, 0.717) is 5.92 Å². The lowest BCUT2D eigenvalue weighted by molar-refractivity contribution is 0.00683. The number of hydrogen-bond donors (Lipinski definition) is 1. The predicted octanol–water partition coefficient (Wildman–Crippen LogP) is 3.17. The van der Waals surface area contributed by atoms with Crippen LogP contribution >= 0.6 is 11.3 Å². The number of ether oxygens (including phenoxy) is 1. The Balaban J connectivity index is 2.14. The van der Waals surface area contributed by atoms with Crippen LogP contribution in [0.1, 0.15) is 55.5 Å². The van der Waals surface area contributed by atoms with Crippen molar-refractivity contribution in [2.75, 3.05) is 13.1 Å². The van der Waals surface area contributed by atoms with Gasteiger partial charge in [-0.3, -0.25) is 0 Å². The van der Waals surface area contributed by atoms with Gasteiger partial charge < -0.3 is 10.1 Å². The highest BCUT2D eigenvalue weighted by molar-refractivity contribution is 7.08. The fraction of sp³-hybridized carbons (Fsp3) is 0.643. The van der Waals surface area contributed by atoms with Crippen LogP contribution in [0.25, 0.3) is 0 Å². The molecule has 18 heavy (non-hydrogen) atoms. The quantitative estimate of drug-likeness (QED) is 0.836. The maximum atomic E-state index is 12.2. The van der Waals surface area contributed by atoms with Gasteiger partial charge in [0.15, 0.2) is 0 Å². The normalized spacial score (nSPS) is 17.7. The first-order valence-electron chi connectivity index (χ1n) is 6.47. The summed E-state index contributed by atoms with van der Waals surface area (Å²) in [6, 6.07) is 0. The Kier molecular flexibility index (Phi) is 4.07. The molecule has 0 radical (unpaired) electrons. The van der Waals surface area contributed by atoms with Gasteiger partial charge in [-0.15, -0.1) is 0 Å². The third-order valence-electron chi connectivity index (χ3n) is 3.09. The molecule has 0 unspecified atom stereocenters. The second-order valence-corrected chi connectivity index (χ2v) is 6.51. The topological polar surface area (TPSA) is 38.3 Å². The molecule has 0 saturated carbocycles. The second-order valence-electron chi connectivity index (χ2n) is 5.77. The first kappa shape index (κ1) is 13.6. The molecule has 1 aromatic rings. The molecule has 2 heterocycles. The molecular formula is C14H21NO2S. The zero-order chi connectivity index (χ0) is 13.2. The Morgan fingerprint density at radius 1 is 1.33 bits per heavy atom. The lowest BCUT2D eigenvalue weighted by Gasteiger charge is -2.24. The van der Waals surface area contributed by atoms with Crippen molar-refractivity contribution in [3.05, 3.63) is 21.9 Å². The minimum absolute atomic E-state index is 0.183. The van der Waals surface area contributed by atoms with Crippen LogP contribution in [0.5, 0.6) is 0 Å². The minimum atomic E-state index is -0.426. The Labute approximate surface area is 113 Å². The Hall–Kier alpha value is -0.870. The molecule has 1 N–H and O–H groups in total. The van der Waals surface area contributed by atoms with Gasteiger partial charge in [0.1, 0.15) is 5.60 Å². The zero-order valence-corrected chi connectivity index (χ0v) is 12.1. The SMILES string of the molecule is CC(C)(C)OC(=O)c1cscc1C1CCNCC1. The number of hydrogen-bond acceptors (Lipinski definition) is 4. The van der Waals surface area contributed by atoms with E-state index in [0.717, 1.165) is 31.5 Å². The van der Waals surface area contributed by atoms with Crippen molar-refractivity contribution in [1.82, 2.24) is 5.32 Å². The van der Waals surface area contributed by atoms with E-state index in [-0.39, 0.29) is 5.97 Å². The highest BCUT2D eigenvalue weighted by Crippen LogP contribution is 2.31. The summed E-state index contributed by atoms with van der Waals surface area (Å²) in [4.78, 5) is 12.2. The second kappa shape index (κ2) is 5.41. The van der Waals surface area contributed by atoms with Gasteiger partial charge >= 0.3 is 5.97 Å². The van der Waals surface area contributed by atoms with Crippen LogP contribution in [0.4, 0.5) is 0 Å². The van der Waals surface area contributed by atoms with Gasteiger partial charge in [-0.2, -0.15) is 11.3 Å². The molecule has 2 rings (SSSR count). The Bertz CT molecular complexity index is 414. The standard InChI is InChI=1S/C14H21NO2S/c1-14(2,3)17-13(16)12-9-18-8-11(12)10-4-6-15-7-5-10/h8-10,15H,4-7H2,1-3H3. The van der Waals surface area contributed by atoms with E-state index in [1.165, 1.54) is 5.56 Å². The third kappa shape index (κ3) is 3.33. The molecule has 1 saturated heterocycles. The summed E-state index contributed by atoms with van der Waals surface area (Å²) in [6.07, 6.45) is 2.21.